The number of carboxylic acids is 1. The van der Waals surface area contributed by atoms with Gasteiger partial charge in [0.05, 0.1) is 11.6 Å². The molecule has 0 aliphatic heterocycles. The number of nitrogens with zero attached hydrogens (tertiary/aromatic N) is 1. The van der Waals surface area contributed by atoms with Crippen molar-refractivity contribution in [2.24, 2.45) is 0 Å². The van der Waals surface area contributed by atoms with Gasteiger partial charge in [-0.05, 0) is 24.6 Å². The number of carbonyl (C=O) groups is 1. The minimum Gasteiger partial charge on any atom is -0.480 e. The Morgan fingerprint density at radius 2 is 2.40 bits per heavy atom. The molecule has 0 amide bonds. The SMILES string of the molecule is C[C@@H](NCc1cccc(C#N)c1)C(=O)O. The Morgan fingerprint density at radius 1 is 1.67 bits per heavy atom. The maximum atomic E-state index is 10.5. The molecule has 4 nitrogen and oxygen atoms in total. The molecule has 0 aliphatic rings. The molecular formula is C11H12N2O2. The third-order valence-corrected chi connectivity index (χ3v) is 2.04. The first-order valence-electron chi connectivity index (χ1n) is 4.58. The molecule has 0 saturated carbocycles. The lowest BCUT2D eigenvalue weighted by molar-refractivity contribution is -0.139. The Balaban J connectivity index is 2.58. The van der Waals surface area contributed by atoms with Gasteiger partial charge in [0.15, 0.2) is 0 Å². The number of hydrogen-bond acceptors (Lipinski definition) is 3. The van der Waals surface area contributed by atoms with Crippen LogP contribution in [0.2, 0.25) is 0 Å². The molecule has 0 fully saturated rings. The maximum Gasteiger partial charge on any atom is 0.320 e. The Bertz CT molecular complexity index is 396. The van der Waals surface area contributed by atoms with E-state index in [1.54, 1.807) is 25.1 Å². The number of hydrogen-bond donors (Lipinski definition) is 2. The van der Waals surface area contributed by atoms with Crippen molar-refractivity contribution in [2.45, 2.75) is 19.5 Å². The molecule has 0 aliphatic carbocycles. The lowest BCUT2D eigenvalue weighted by Gasteiger charge is -2.08. The van der Waals surface area contributed by atoms with Gasteiger partial charge in [-0.2, -0.15) is 5.26 Å². The lowest BCUT2D eigenvalue weighted by atomic mass is 10.1. The van der Waals surface area contributed by atoms with E-state index in [0.29, 0.717) is 12.1 Å². The Hall–Kier alpha value is -1.86. The second-order valence-corrected chi connectivity index (χ2v) is 3.25. The van der Waals surface area contributed by atoms with E-state index in [1.165, 1.54) is 0 Å². The van der Waals surface area contributed by atoms with Crippen molar-refractivity contribution in [3.63, 3.8) is 0 Å². The average molecular weight is 204 g/mol. The molecule has 4 heteroatoms. The molecule has 15 heavy (non-hydrogen) atoms. The average Bonchev–Trinajstić information content (AvgIpc) is 2.26. The van der Waals surface area contributed by atoms with Crippen LogP contribution in [0, 0.1) is 11.3 Å². The standard InChI is InChI=1S/C11H12N2O2/c1-8(11(14)15)13-7-10-4-2-3-9(5-10)6-12/h2-5,8,13H,7H2,1H3,(H,14,15)/t8-/m1/s1. The summed E-state index contributed by atoms with van der Waals surface area (Å²) in [6.45, 7) is 2.03. The van der Waals surface area contributed by atoms with Gasteiger partial charge >= 0.3 is 5.97 Å². The maximum absolute atomic E-state index is 10.5. The van der Waals surface area contributed by atoms with E-state index in [-0.39, 0.29) is 0 Å². The zero-order valence-corrected chi connectivity index (χ0v) is 8.40. The molecule has 1 aromatic carbocycles. The highest BCUT2D eigenvalue weighted by Gasteiger charge is 2.08. The molecular weight excluding hydrogens is 192 g/mol. The summed E-state index contributed by atoms with van der Waals surface area (Å²) in [4.78, 5) is 10.5. The predicted molar refractivity (Wildman–Crippen MR) is 55.1 cm³/mol. The van der Waals surface area contributed by atoms with E-state index in [1.807, 2.05) is 12.1 Å². The van der Waals surface area contributed by atoms with Crippen molar-refractivity contribution in [1.82, 2.24) is 5.32 Å². The molecule has 0 radical (unpaired) electrons. The zero-order chi connectivity index (χ0) is 11.3. The van der Waals surface area contributed by atoms with Crippen LogP contribution in [0.15, 0.2) is 24.3 Å². The summed E-state index contributed by atoms with van der Waals surface area (Å²) >= 11 is 0. The highest BCUT2D eigenvalue weighted by atomic mass is 16.4. The van der Waals surface area contributed by atoms with Gasteiger partial charge in [0.1, 0.15) is 6.04 Å². The number of benzene rings is 1. The van der Waals surface area contributed by atoms with Gasteiger partial charge in [0.2, 0.25) is 0 Å². The molecule has 2 N–H and O–H groups in total. The van der Waals surface area contributed by atoms with E-state index in [4.69, 9.17) is 10.4 Å². The molecule has 1 rings (SSSR count). The monoisotopic (exact) mass is 204 g/mol. The van der Waals surface area contributed by atoms with Crippen LogP contribution in [0.1, 0.15) is 18.1 Å². The van der Waals surface area contributed by atoms with Crippen molar-refractivity contribution in [3.05, 3.63) is 35.4 Å². The molecule has 0 spiro atoms. The third-order valence-electron chi connectivity index (χ3n) is 2.04. The minimum atomic E-state index is -0.883. The first-order chi connectivity index (χ1) is 7.13. The second kappa shape index (κ2) is 5.13. The number of rotatable bonds is 4. The minimum absolute atomic E-state index is 0.447. The number of aliphatic carboxylic acids is 1. The van der Waals surface area contributed by atoms with Gasteiger partial charge in [-0.15, -0.1) is 0 Å². The topological polar surface area (TPSA) is 73.1 Å². The van der Waals surface area contributed by atoms with Gasteiger partial charge in [0, 0.05) is 6.54 Å². The van der Waals surface area contributed by atoms with Gasteiger partial charge in [-0.1, -0.05) is 12.1 Å². The molecule has 0 unspecified atom stereocenters. The van der Waals surface area contributed by atoms with Crippen molar-refractivity contribution in [3.8, 4) is 6.07 Å². The molecule has 0 saturated heterocycles. The van der Waals surface area contributed by atoms with Crippen molar-refractivity contribution in [1.29, 1.82) is 5.26 Å². The first kappa shape index (κ1) is 11.2. The molecule has 0 heterocycles. The normalized spacial score (nSPS) is 11.7. The zero-order valence-electron chi connectivity index (χ0n) is 8.40. The molecule has 1 atom stereocenters. The number of nitriles is 1. The fourth-order valence-corrected chi connectivity index (χ4v) is 1.11. The fourth-order valence-electron chi connectivity index (χ4n) is 1.11. The highest BCUT2D eigenvalue weighted by molar-refractivity contribution is 5.72. The quantitative estimate of drug-likeness (QED) is 0.770. The Labute approximate surface area is 88.2 Å². The summed E-state index contributed by atoms with van der Waals surface area (Å²) in [5.41, 5.74) is 1.49. The molecule has 1 aromatic rings. The fraction of sp³-hybridized carbons (Fsp3) is 0.273. The van der Waals surface area contributed by atoms with E-state index in [9.17, 15) is 4.79 Å². The van der Waals surface area contributed by atoms with E-state index in [2.05, 4.69) is 5.32 Å². The highest BCUT2D eigenvalue weighted by Crippen LogP contribution is 2.03. The molecule has 0 aromatic heterocycles. The van der Waals surface area contributed by atoms with Gasteiger partial charge < -0.3 is 10.4 Å². The van der Waals surface area contributed by atoms with E-state index >= 15 is 0 Å². The predicted octanol–water partition coefficient (Wildman–Crippen LogP) is 1.12. The summed E-state index contributed by atoms with van der Waals surface area (Å²) in [7, 11) is 0. The van der Waals surface area contributed by atoms with E-state index in [0.717, 1.165) is 5.56 Å². The van der Waals surface area contributed by atoms with Crippen molar-refractivity contribution >= 4 is 5.97 Å². The van der Waals surface area contributed by atoms with Crippen LogP contribution in [-0.2, 0) is 11.3 Å². The van der Waals surface area contributed by atoms with Crippen LogP contribution in [0.25, 0.3) is 0 Å². The number of nitrogens with one attached hydrogen (secondary N) is 1. The smallest absolute Gasteiger partial charge is 0.320 e. The van der Waals surface area contributed by atoms with Crippen LogP contribution >= 0.6 is 0 Å². The molecule has 0 bridgehead atoms. The van der Waals surface area contributed by atoms with Gasteiger partial charge in [-0.25, -0.2) is 0 Å². The number of carboxylic acid groups (broad SMARTS) is 1. The van der Waals surface area contributed by atoms with Crippen LogP contribution in [0.4, 0.5) is 0 Å². The summed E-state index contributed by atoms with van der Waals surface area (Å²) in [6.07, 6.45) is 0. The van der Waals surface area contributed by atoms with Gasteiger partial charge in [-0.3, -0.25) is 4.79 Å². The molecule has 78 valence electrons. The largest absolute Gasteiger partial charge is 0.480 e. The van der Waals surface area contributed by atoms with E-state index < -0.39 is 12.0 Å². The van der Waals surface area contributed by atoms with Crippen molar-refractivity contribution in [2.75, 3.05) is 0 Å². The second-order valence-electron chi connectivity index (χ2n) is 3.25. The summed E-state index contributed by atoms with van der Waals surface area (Å²) in [5.74, 6) is -0.883. The summed E-state index contributed by atoms with van der Waals surface area (Å²) in [5, 5.41) is 20.1. The Morgan fingerprint density at radius 3 is 3.00 bits per heavy atom. The van der Waals surface area contributed by atoms with Crippen LogP contribution in [0.5, 0.6) is 0 Å². The van der Waals surface area contributed by atoms with Crippen LogP contribution < -0.4 is 5.32 Å². The lowest BCUT2D eigenvalue weighted by Crippen LogP contribution is -2.33. The summed E-state index contributed by atoms with van der Waals surface area (Å²) in [6, 6.07) is 8.52. The van der Waals surface area contributed by atoms with Crippen LogP contribution in [-0.4, -0.2) is 17.1 Å². The third kappa shape index (κ3) is 3.41. The Kier molecular flexibility index (Phi) is 3.83. The summed E-state index contributed by atoms with van der Waals surface area (Å²) < 4.78 is 0. The van der Waals surface area contributed by atoms with Crippen LogP contribution in [0.3, 0.4) is 0 Å². The first-order valence-corrected chi connectivity index (χ1v) is 4.58. The van der Waals surface area contributed by atoms with Gasteiger partial charge in [0.25, 0.3) is 0 Å². The van der Waals surface area contributed by atoms with Crippen molar-refractivity contribution < 1.29 is 9.90 Å².